The van der Waals surface area contributed by atoms with E-state index in [-0.39, 0.29) is 11.5 Å². The van der Waals surface area contributed by atoms with Crippen LogP contribution in [-0.2, 0) is 7.05 Å². The van der Waals surface area contributed by atoms with Crippen LogP contribution in [0, 0.1) is 0 Å². The maximum absolute atomic E-state index is 11.8. The van der Waals surface area contributed by atoms with Crippen LogP contribution in [0.15, 0.2) is 41.5 Å². The van der Waals surface area contributed by atoms with Crippen molar-refractivity contribution in [2.24, 2.45) is 12.8 Å². The third-order valence-corrected chi connectivity index (χ3v) is 2.76. The standard InChI is InChI=1S/C13H15N3O2/c1-15-7-8-16(13(15)18)11-4-2-3-10(9-11)12(17)5-6-14/h2-4,7-9H,5-6,14H2,1H3. The topological polar surface area (TPSA) is 70.0 Å². The van der Waals surface area contributed by atoms with E-state index in [1.165, 1.54) is 9.13 Å². The summed E-state index contributed by atoms with van der Waals surface area (Å²) in [5.74, 6) is -0.0108. The Kier molecular flexibility index (Phi) is 3.43. The highest BCUT2D eigenvalue weighted by Crippen LogP contribution is 2.10. The second-order valence-electron chi connectivity index (χ2n) is 4.07. The molecule has 0 aliphatic rings. The molecule has 18 heavy (non-hydrogen) atoms. The van der Waals surface area contributed by atoms with Crippen LogP contribution in [-0.4, -0.2) is 21.5 Å². The number of imidazole rings is 1. The van der Waals surface area contributed by atoms with Crippen molar-refractivity contribution in [3.05, 3.63) is 52.7 Å². The molecule has 0 saturated carbocycles. The van der Waals surface area contributed by atoms with E-state index >= 15 is 0 Å². The Labute approximate surface area is 104 Å². The van der Waals surface area contributed by atoms with E-state index in [4.69, 9.17) is 5.73 Å². The van der Waals surface area contributed by atoms with E-state index in [1.807, 2.05) is 0 Å². The molecule has 0 atom stereocenters. The van der Waals surface area contributed by atoms with E-state index < -0.39 is 0 Å². The summed E-state index contributed by atoms with van der Waals surface area (Å²) in [5.41, 5.74) is 6.48. The Morgan fingerprint density at radius 2 is 2.11 bits per heavy atom. The van der Waals surface area contributed by atoms with Gasteiger partial charge in [0.1, 0.15) is 0 Å². The summed E-state index contributed by atoms with van der Waals surface area (Å²) >= 11 is 0. The molecule has 1 aromatic carbocycles. The number of nitrogens with two attached hydrogens (primary N) is 1. The third kappa shape index (κ3) is 2.26. The molecular weight excluding hydrogens is 230 g/mol. The average molecular weight is 245 g/mol. The van der Waals surface area contributed by atoms with Crippen LogP contribution in [0.5, 0.6) is 0 Å². The lowest BCUT2D eigenvalue weighted by Gasteiger charge is -2.04. The average Bonchev–Trinajstić information content (AvgIpc) is 2.71. The lowest BCUT2D eigenvalue weighted by Crippen LogP contribution is -2.20. The van der Waals surface area contributed by atoms with Crippen LogP contribution in [0.4, 0.5) is 0 Å². The number of carbonyl (C=O) groups is 1. The molecule has 0 unspecified atom stereocenters. The van der Waals surface area contributed by atoms with Crippen LogP contribution in [0.3, 0.4) is 0 Å². The fourth-order valence-electron chi connectivity index (χ4n) is 1.77. The number of ketones is 1. The molecule has 2 rings (SSSR count). The van der Waals surface area contributed by atoms with E-state index in [9.17, 15) is 9.59 Å². The van der Waals surface area contributed by atoms with Gasteiger partial charge < -0.3 is 10.3 Å². The molecule has 0 radical (unpaired) electrons. The van der Waals surface area contributed by atoms with Gasteiger partial charge in [-0.1, -0.05) is 12.1 Å². The van der Waals surface area contributed by atoms with Gasteiger partial charge in [-0.15, -0.1) is 0 Å². The lowest BCUT2D eigenvalue weighted by molar-refractivity contribution is 0.0985. The summed E-state index contributed by atoms with van der Waals surface area (Å²) in [6, 6.07) is 6.99. The first-order chi connectivity index (χ1) is 8.63. The van der Waals surface area contributed by atoms with Crippen LogP contribution >= 0.6 is 0 Å². The molecule has 2 N–H and O–H groups in total. The molecule has 0 fully saturated rings. The molecule has 0 spiro atoms. The molecule has 0 bridgehead atoms. The predicted molar refractivity (Wildman–Crippen MR) is 69.0 cm³/mol. The van der Waals surface area contributed by atoms with Crippen LogP contribution in [0.2, 0.25) is 0 Å². The van der Waals surface area contributed by atoms with Gasteiger partial charge in [-0.2, -0.15) is 0 Å². The Hall–Kier alpha value is -2.14. The first-order valence-electron chi connectivity index (χ1n) is 5.71. The summed E-state index contributed by atoms with van der Waals surface area (Å²) in [6.07, 6.45) is 3.67. The smallest absolute Gasteiger partial charge is 0.330 e. The van der Waals surface area contributed by atoms with E-state index in [0.717, 1.165) is 0 Å². The van der Waals surface area contributed by atoms with E-state index in [1.54, 1.807) is 43.7 Å². The molecular formula is C13H15N3O2. The Balaban J connectivity index is 2.42. The number of benzene rings is 1. The van der Waals surface area contributed by atoms with Gasteiger partial charge in [0.2, 0.25) is 0 Å². The van der Waals surface area contributed by atoms with Crippen LogP contribution in [0.1, 0.15) is 16.8 Å². The van der Waals surface area contributed by atoms with Crippen molar-refractivity contribution >= 4 is 5.78 Å². The second-order valence-corrected chi connectivity index (χ2v) is 4.07. The number of carbonyl (C=O) groups excluding carboxylic acids is 1. The van der Waals surface area contributed by atoms with E-state index in [0.29, 0.717) is 24.2 Å². The molecule has 0 saturated heterocycles. The number of hydrogen-bond acceptors (Lipinski definition) is 3. The minimum absolute atomic E-state index is 0.0108. The number of nitrogens with zero attached hydrogens (tertiary/aromatic N) is 2. The van der Waals surface area contributed by atoms with Crippen molar-refractivity contribution in [1.29, 1.82) is 0 Å². The van der Waals surface area contributed by atoms with Gasteiger partial charge >= 0.3 is 5.69 Å². The number of Topliss-reactive ketones (excluding diaryl/α,β-unsaturated/α-hetero) is 1. The van der Waals surface area contributed by atoms with Gasteiger partial charge in [0.05, 0.1) is 5.69 Å². The summed E-state index contributed by atoms with van der Waals surface area (Å²) in [4.78, 5) is 23.5. The van der Waals surface area contributed by atoms with Crippen molar-refractivity contribution in [2.45, 2.75) is 6.42 Å². The van der Waals surface area contributed by atoms with Gasteiger partial charge in [-0.05, 0) is 18.7 Å². The van der Waals surface area contributed by atoms with Crippen molar-refractivity contribution in [3.8, 4) is 5.69 Å². The van der Waals surface area contributed by atoms with Crippen molar-refractivity contribution in [1.82, 2.24) is 9.13 Å². The van der Waals surface area contributed by atoms with Crippen molar-refractivity contribution in [2.75, 3.05) is 6.54 Å². The molecule has 5 nitrogen and oxygen atoms in total. The zero-order valence-corrected chi connectivity index (χ0v) is 10.2. The fraction of sp³-hybridized carbons (Fsp3) is 0.231. The Morgan fingerprint density at radius 3 is 2.72 bits per heavy atom. The summed E-state index contributed by atoms with van der Waals surface area (Å²) in [6.45, 7) is 0.328. The molecule has 2 aromatic rings. The highest BCUT2D eigenvalue weighted by atomic mass is 16.1. The normalized spacial score (nSPS) is 10.6. The second kappa shape index (κ2) is 5.01. The zero-order chi connectivity index (χ0) is 13.1. The predicted octanol–water partition coefficient (Wildman–Crippen LogP) is 0.708. The quantitative estimate of drug-likeness (QED) is 0.806. The van der Waals surface area contributed by atoms with Gasteiger partial charge in [-0.25, -0.2) is 4.79 Å². The maximum Gasteiger partial charge on any atom is 0.332 e. The number of aromatic nitrogens is 2. The van der Waals surface area contributed by atoms with Crippen LogP contribution in [0.25, 0.3) is 5.69 Å². The minimum Gasteiger partial charge on any atom is -0.330 e. The van der Waals surface area contributed by atoms with Crippen molar-refractivity contribution < 1.29 is 4.79 Å². The zero-order valence-electron chi connectivity index (χ0n) is 10.2. The number of rotatable bonds is 4. The van der Waals surface area contributed by atoms with Crippen LogP contribution < -0.4 is 11.4 Å². The Bertz CT molecular complexity index is 625. The molecule has 1 aromatic heterocycles. The monoisotopic (exact) mass is 245 g/mol. The third-order valence-electron chi connectivity index (χ3n) is 2.76. The molecule has 0 aliphatic carbocycles. The van der Waals surface area contributed by atoms with E-state index in [2.05, 4.69) is 0 Å². The fourth-order valence-corrected chi connectivity index (χ4v) is 1.77. The van der Waals surface area contributed by atoms with Gasteiger partial charge in [0.25, 0.3) is 0 Å². The largest absolute Gasteiger partial charge is 0.332 e. The molecule has 1 heterocycles. The first-order valence-corrected chi connectivity index (χ1v) is 5.71. The van der Waals surface area contributed by atoms with Gasteiger partial charge in [0.15, 0.2) is 5.78 Å². The summed E-state index contributed by atoms with van der Waals surface area (Å²) in [7, 11) is 1.68. The molecule has 0 aliphatic heterocycles. The Morgan fingerprint density at radius 1 is 1.33 bits per heavy atom. The molecule has 0 amide bonds. The number of hydrogen-bond donors (Lipinski definition) is 1. The molecule has 94 valence electrons. The maximum atomic E-state index is 11.8. The summed E-state index contributed by atoms with van der Waals surface area (Å²) < 4.78 is 2.98. The van der Waals surface area contributed by atoms with Gasteiger partial charge in [-0.3, -0.25) is 9.36 Å². The highest BCUT2D eigenvalue weighted by Gasteiger charge is 2.07. The minimum atomic E-state index is -0.140. The number of aryl methyl sites for hydroxylation is 1. The summed E-state index contributed by atoms with van der Waals surface area (Å²) in [5, 5.41) is 0. The molecule has 5 heteroatoms. The van der Waals surface area contributed by atoms with Gasteiger partial charge in [0, 0.05) is 31.4 Å². The lowest BCUT2D eigenvalue weighted by atomic mass is 10.1. The first kappa shape index (κ1) is 12.3. The highest BCUT2D eigenvalue weighted by molar-refractivity contribution is 5.96. The SMILES string of the molecule is Cn1ccn(-c2cccc(C(=O)CCN)c2)c1=O. The van der Waals surface area contributed by atoms with Crippen molar-refractivity contribution in [3.63, 3.8) is 0 Å².